The lowest BCUT2D eigenvalue weighted by molar-refractivity contribution is -0.129. The number of anilines is 3. The van der Waals surface area contributed by atoms with Gasteiger partial charge in [-0.15, -0.1) is 0 Å². The summed E-state index contributed by atoms with van der Waals surface area (Å²) in [5.41, 5.74) is 5.84. The Balaban J connectivity index is 1.37. The number of carbonyl (C=O) groups is 2. The molecule has 1 amide bonds. The molecular formula is C31H25N3O3. The highest BCUT2D eigenvalue weighted by molar-refractivity contribution is 6.54. The van der Waals surface area contributed by atoms with Gasteiger partial charge in [0, 0.05) is 23.3 Å². The van der Waals surface area contributed by atoms with Gasteiger partial charge in [0.05, 0.1) is 11.3 Å². The lowest BCUT2D eigenvalue weighted by atomic mass is 9.97. The number of rotatable bonds is 4. The van der Waals surface area contributed by atoms with E-state index in [1.165, 1.54) is 16.1 Å². The number of carbonyl (C=O) groups excluding carboxylic acids is 1. The van der Waals surface area contributed by atoms with Gasteiger partial charge in [-0.3, -0.25) is 4.79 Å². The van der Waals surface area contributed by atoms with Crippen molar-refractivity contribution in [1.82, 2.24) is 0 Å². The number of aryl methyl sites for hydroxylation is 2. The molecule has 0 aromatic heterocycles. The maximum Gasteiger partial charge on any atom is 0.357 e. The Kier molecular flexibility index (Phi) is 5.57. The summed E-state index contributed by atoms with van der Waals surface area (Å²) in [7, 11) is 0. The Labute approximate surface area is 214 Å². The summed E-state index contributed by atoms with van der Waals surface area (Å²) in [6.45, 7) is 3.01. The summed E-state index contributed by atoms with van der Waals surface area (Å²) in [4.78, 5) is 27.9. The third kappa shape index (κ3) is 4.06. The van der Waals surface area contributed by atoms with Crippen molar-refractivity contribution in [3.63, 3.8) is 0 Å². The summed E-state index contributed by atoms with van der Waals surface area (Å²) in [5.74, 6) is -1.68. The Morgan fingerprint density at radius 2 is 1.73 bits per heavy atom. The van der Waals surface area contributed by atoms with Gasteiger partial charge in [0.1, 0.15) is 0 Å². The SMILES string of the molecule is Cc1ccc(N2CCCc3cc(C=C4C(=O)N(c5cccc6ccccc56)N=C4C(=O)O)ccc32)cc1. The van der Waals surface area contributed by atoms with Gasteiger partial charge in [-0.2, -0.15) is 10.1 Å². The van der Waals surface area contributed by atoms with Crippen molar-refractivity contribution in [1.29, 1.82) is 0 Å². The molecule has 0 radical (unpaired) electrons. The van der Waals surface area contributed by atoms with E-state index in [1.807, 2.05) is 42.5 Å². The summed E-state index contributed by atoms with van der Waals surface area (Å²) in [6.07, 6.45) is 3.58. The van der Waals surface area contributed by atoms with E-state index in [4.69, 9.17) is 0 Å². The smallest absolute Gasteiger partial charge is 0.357 e. The summed E-state index contributed by atoms with van der Waals surface area (Å²) < 4.78 is 0. The third-order valence-corrected chi connectivity index (χ3v) is 6.95. The first-order valence-electron chi connectivity index (χ1n) is 12.3. The van der Waals surface area contributed by atoms with Gasteiger partial charge in [0.2, 0.25) is 0 Å². The number of carboxylic acids is 1. The van der Waals surface area contributed by atoms with Crippen molar-refractivity contribution in [2.24, 2.45) is 5.10 Å². The highest BCUT2D eigenvalue weighted by Gasteiger charge is 2.35. The fourth-order valence-corrected chi connectivity index (χ4v) is 5.13. The van der Waals surface area contributed by atoms with E-state index in [9.17, 15) is 14.7 Å². The number of aliphatic carboxylic acids is 1. The van der Waals surface area contributed by atoms with E-state index in [1.54, 1.807) is 12.1 Å². The Bertz CT molecular complexity index is 1610. The number of fused-ring (bicyclic) bond motifs is 2. The van der Waals surface area contributed by atoms with Crippen molar-refractivity contribution in [3.05, 3.63) is 107 Å². The van der Waals surface area contributed by atoms with Gasteiger partial charge >= 0.3 is 5.97 Å². The molecule has 0 spiro atoms. The Morgan fingerprint density at radius 3 is 2.54 bits per heavy atom. The topological polar surface area (TPSA) is 73.2 Å². The first-order valence-corrected chi connectivity index (χ1v) is 12.3. The fourth-order valence-electron chi connectivity index (χ4n) is 5.13. The molecule has 2 aliphatic heterocycles. The second-order valence-corrected chi connectivity index (χ2v) is 9.41. The average Bonchev–Trinajstić information content (AvgIpc) is 3.24. The molecule has 0 aliphatic carbocycles. The van der Waals surface area contributed by atoms with Gasteiger partial charge in [-0.05, 0) is 72.7 Å². The lowest BCUT2D eigenvalue weighted by Gasteiger charge is -2.31. The molecule has 0 saturated carbocycles. The third-order valence-electron chi connectivity index (χ3n) is 6.95. The first kappa shape index (κ1) is 22.7. The van der Waals surface area contributed by atoms with Crippen LogP contribution in [0.4, 0.5) is 17.1 Å². The molecule has 182 valence electrons. The normalized spacial score (nSPS) is 16.3. The molecule has 6 heteroatoms. The monoisotopic (exact) mass is 487 g/mol. The highest BCUT2D eigenvalue weighted by atomic mass is 16.4. The fraction of sp³-hybridized carbons (Fsp3) is 0.129. The van der Waals surface area contributed by atoms with E-state index in [0.717, 1.165) is 47.1 Å². The van der Waals surface area contributed by atoms with Crippen LogP contribution < -0.4 is 9.91 Å². The number of hydrogen-bond acceptors (Lipinski definition) is 4. The van der Waals surface area contributed by atoms with E-state index >= 15 is 0 Å². The number of nitrogens with zero attached hydrogens (tertiary/aromatic N) is 3. The van der Waals surface area contributed by atoms with Gasteiger partial charge in [-0.25, -0.2) is 4.79 Å². The molecular weight excluding hydrogens is 462 g/mol. The summed E-state index contributed by atoms with van der Waals surface area (Å²) in [5, 5.41) is 17.1. The predicted molar refractivity (Wildman–Crippen MR) is 147 cm³/mol. The largest absolute Gasteiger partial charge is 0.476 e. The van der Waals surface area contributed by atoms with E-state index in [-0.39, 0.29) is 11.3 Å². The average molecular weight is 488 g/mol. The van der Waals surface area contributed by atoms with E-state index in [2.05, 4.69) is 53.3 Å². The number of hydrogen-bond donors (Lipinski definition) is 1. The molecule has 2 heterocycles. The number of amides is 1. The first-order chi connectivity index (χ1) is 18.0. The Hall–Kier alpha value is -4.71. The molecule has 0 unspecified atom stereocenters. The second-order valence-electron chi connectivity index (χ2n) is 9.41. The molecule has 0 atom stereocenters. The Morgan fingerprint density at radius 1 is 0.946 bits per heavy atom. The van der Waals surface area contributed by atoms with Crippen LogP contribution >= 0.6 is 0 Å². The maximum atomic E-state index is 13.5. The summed E-state index contributed by atoms with van der Waals surface area (Å²) in [6, 6.07) is 27.8. The van der Waals surface area contributed by atoms with Crippen LogP contribution in [0.1, 0.15) is 23.1 Å². The van der Waals surface area contributed by atoms with Crippen LogP contribution in [-0.2, 0) is 16.0 Å². The quantitative estimate of drug-likeness (QED) is 0.353. The minimum Gasteiger partial charge on any atom is -0.476 e. The van der Waals surface area contributed by atoms with Gasteiger partial charge in [0.15, 0.2) is 5.71 Å². The molecule has 0 bridgehead atoms. The van der Waals surface area contributed by atoms with Crippen molar-refractivity contribution < 1.29 is 14.7 Å². The van der Waals surface area contributed by atoms with Gasteiger partial charge in [0.25, 0.3) is 5.91 Å². The molecule has 1 N–H and O–H groups in total. The van der Waals surface area contributed by atoms with Crippen LogP contribution in [0.15, 0.2) is 95.6 Å². The van der Waals surface area contributed by atoms with E-state index in [0.29, 0.717) is 5.69 Å². The number of hydrazone groups is 1. The van der Waals surface area contributed by atoms with Crippen molar-refractivity contribution in [2.75, 3.05) is 16.5 Å². The molecule has 0 saturated heterocycles. The zero-order valence-electron chi connectivity index (χ0n) is 20.4. The molecule has 6 rings (SSSR count). The lowest BCUT2D eigenvalue weighted by Crippen LogP contribution is -2.24. The van der Waals surface area contributed by atoms with Crippen LogP contribution in [0.2, 0.25) is 0 Å². The molecule has 0 fully saturated rings. The minimum atomic E-state index is -1.23. The molecule has 2 aliphatic rings. The van der Waals surface area contributed by atoms with Crippen LogP contribution in [0.25, 0.3) is 16.8 Å². The number of benzene rings is 4. The van der Waals surface area contributed by atoms with Crippen LogP contribution in [0.3, 0.4) is 0 Å². The highest BCUT2D eigenvalue weighted by Crippen LogP contribution is 2.36. The standard InChI is InChI=1S/C31H25N3O3/c1-20-11-14-24(15-12-20)33-17-5-8-23-18-21(13-16-27(23)33)19-26-29(31(36)37)32-34(30(26)35)28-10-4-7-22-6-2-3-9-25(22)28/h2-4,6-7,9-16,18-19H,5,8,17H2,1H3,(H,36,37). The van der Waals surface area contributed by atoms with E-state index < -0.39 is 11.9 Å². The minimum absolute atomic E-state index is 0.0755. The van der Waals surface area contributed by atoms with Crippen LogP contribution in [0.5, 0.6) is 0 Å². The van der Waals surface area contributed by atoms with Crippen molar-refractivity contribution in [2.45, 2.75) is 19.8 Å². The molecule has 37 heavy (non-hydrogen) atoms. The van der Waals surface area contributed by atoms with Gasteiger partial charge in [-0.1, -0.05) is 60.2 Å². The molecule has 6 nitrogen and oxygen atoms in total. The zero-order valence-corrected chi connectivity index (χ0v) is 20.4. The second kappa shape index (κ2) is 9.06. The van der Waals surface area contributed by atoms with Crippen molar-refractivity contribution >= 4 is 51.5 Å². The van der Waals surface area contributed by atoms with Crippen LogP contribution in [0, 0.1) is 6.92 Å². The number of carboxylic acid groups (broad SMARTS) is 1. The predicted octanol–water partition coefficient (Wildman–Crippen LogP) is 6.10. The zero-order chi connectivity index (χ0) is 25.5. The molecule has 4 aromatic rings. The van der Waals surface area contributed by atoms with Crippen molar-refractivity contribution in [3.8, 4) is 0 Å². The van der Waals surface area contributed by atoms with Crippen LogP contribution in [-0.4, -0.2) is 29.2 Å². The maximum absolute atomic E-state index is 13.5. The summed E-state index contributed by atoms with van der Waals surface area (Å²) >= 11 is 0. The molecule has 4 aromatic carbocycles. The van der Waals surface area contributed by atoms with Gasteiger partial charge < -0.3 is 10.0 Å².